The average molecular weight is 770 g/mol. The monoisotopic (exact) mass is 769 g/mol. The first-order valence-electron chi connectivity index (χ1n) is 20.1. The van der Waals surface area contributed by atoms with Crippen molar-refractivity contribution in [2.24, 2.45) is 0 Å². The fourth-order valence-electron chi connectivity index (χ4n) is 9.07. The molecule has 0 aliphatic carbocycles. The van der Waals surface area contributed by atoms with Crippen LogP contribution in [0.15, 0.2) is 217 Å². The van der Waals surface area contributed by atoms with Crippen LogP contribution in [0.5, 0.6) is 0 Å². The summed E-state index contributed by atoms with van der Waals surface area (Å²) in [4.78, 5) is 2.43. The molecule has 12 aromatic rings. The Morgan fingerprint density at radius 3 is 1.75 bits per heavy atom. The third-order valence-corrected chi connectivity index (χ3v) is 13.0. The molecule has 0 amide bonds. The van der Waals surface area contributed by atoms with Crippen LogP contribution in [-0.2, 0) is 0 Å². The second-order valence-electron chi connectivity index (χ2n) is 15.3. The van der Waals surface area contributed by atoms with Crippen LogP contribution in [-0.4, -0.2) is 0 Å². The first kappa shape index (κ1) is 33.7. The number of hydrogen-bond donors (Lipinski definition) is 0. The van der Waals surface area contributed by atoms with Gasteiger partial charge in [0, 0.05) is 48.0 Å². The molecule has 0 saturated carbocycles. The molecule has 0 unspecified atom stereocenters. The van der Waals surface area contributed by atoms with Gasteiger partial charge in [0.2, 0.25) is 0 Å². The maximum atomic E-state index is 6.31. The van der Waals surface area contributed by atoms with E-state index in [1.165, 1.54) is 64.1 Å². The molecule has 2 aromatic heterocycles. The minimum Gasteiger partial charge on any atom is -0.456 e. The van der Waals surface area contributed by atoms with Crippen molar-refractivity contribution in [3.63, 3.8) is 0 Å². The van der Waals surface area contributed by atoms with E-state index in [0.717, 1.165) is 50.0 Å². The quantitative estimate of drug-likeness (QED) is 0.157. The van der Waals surface area contributed by atoms with Crippen LogP contribution in [0, 0.1) is 0 Å². The van der Waals surface area contributed by atoms with E-state index in [4.69, 9.17) is 4.42 Å². The van der Waals surface area contributed by atoms with Gasteiger partial charge in [0.05, 0.1) is 0 Å². The highest BCUT2D eigenvalue weighted by Crippen LogP contribution is 2.45. The second kappa shape index (κ2) is 13.6. The van der Waals surface area contributed by atoms with E-state index >= 15 is 0 Å². The number of benzene rings is 10. The van der Waals surface area contributed by atoms with Gasteiger partial charge in [0.25, 0.3) is 0 Å². The number of anilines is 3. The number of para-hydroxylation sites is 1. The zero-order valence-electron chi connectivity index (χ0n) is 32.0. The lowest BCUT2D eigenvalue weighted by Crippen LogP contribution is -2.10. The van der Waals surface area contributed by atoms with Crippen molar-refractivity contribution in [3.8, 4) is 33.4 Å². The number of thiophene rings is 1. The van der Waals surface area contributed by atoms with Crippen molar-refractivity contribution >= 4 is 92.1 Å². The van der Waals surface area contributed by atoms with Crippen LogP contribution < -0.4 is 4.90 Å². The summed E-state index contributed by atoms with van der Waals surface area (Å²) in [6, 6.07) is 77.2. The Bertz CT molecular complexity index is 3580. The third-order valence-electron chi connectivity index (χ3n) is 11.8. The molecule has 2 heterocycles. The van der Waals surface area contributed by atoms with Crippen LogP contribution in [0.3, 0.4) is 0 Å². The number of nitrogens with zero attached hydrogens (tertiary/aromatic N) is 1. The Kier molecular flexibility index (Phi) is 7.75. The van der Waals surface area contributed by atoms with E-state index < -0.39 is 0 Å². The summed E-state index contributed by atoms with van der Waals surface area (Å²) in [5.41, 5.74) is 12.3. The van der Waals surface area contributed by atoms with Crippen LogP contribution in [0.4, 0.5) is 17.1 Å². The van der Waals surface area contributed by atoms with Crippen molar-refractivity contribution < 1.29 is 4.42 Å². The van der Waals surface area contributed by atoms with Gasteiger partial charge < -0.3 is 9.32 Å². The van der Waals surface area contributed by atoms with Crippen molar-refractivity contribution in [3.05, 3.63) is 212 Å². The van der Waals surface area contributed by atoms with Crippen LogP contribution >= 0.6 is 11.3 Å². The lowest BCUT2D eigenvalue weighted by atomic mass is 9.89. The van der Waals surface area contributed by atoms with E-state index in [2.05, 4.69) is 211 Å². The molecule has 0 N–H and O–H groups in total. The van der Waals surface area contributed by atoms with E-state index in [1.54, 1.807) is 0 Å². The molecule has 0 atom stereocenters. The maximum Gasteiger partial charge on any atom is 0.136 e. The number of fused-ring (bicyclic) bond motifs is 9. The molecular formula is C56H35NOS. The summed E-state index contributed by atoms with van der Waals surface area (Å²) in [5, 5.41) is 9.65. The van der Waals surface area contributed by atoms with Crippen LogP contribution in [0.1, 0.15) is 0 Å². The standard InChI is InChI=1S/C56H35NOS/c1-2-13-36(14-3-1)43-17-4-6-19-45(43)46-20-7-5-18-44(46)38-15-12-16-40(31-38)57(42-29-30-49-48-22-9-11-24-55(48)59-56(49)34-42)41-28-27-37-25-26-39-32-54-52(35-51(39)50(37)33-41)47-21-8-10-23-53(47)58-54/h1-35H. The lowest BCUT2D eigenvalue weighted by Gasteiger charge is -2.27. The molecule has 0 aliphatic rings. The molecule has 0 spiro atoms. The first-order chi connectivity index (χ1) is 29.2. The van der Waals surface area contributed by atoms with Gasteiger partial charge in [0.1, 0.15) is 11.2 Å². The molecule has 0 radical (unpaired) electrons. The predicted molar refractivity (Wildman–Crippen MR) is 253 cm³/mol. The first-order valence-corrected chi connectivity index (χ1v) is 20.9. The van der Waals surface area contributed by atoms with Crippen molar-refractivity contribution in [2.75, 3.05) is 4.90 Å². The van der Waals surface area contributed by atoms with Crippen LogP contribution in [0.2, 0.25) is 0 Å². The van der Waals surface area contributed by atoms with Crippen LogP contribution in [0.25, 0.3) is 97.0 Å². The normalized spacial score (nSPS) is 11.7. The Morgan fingerprint density at radius 2 is 0.898 bits per heavy atom. The molecule has 59 heavy (non-hydrogen) atoms. The molecule has 0 aliphatic heterocycles. The topological polar surface area (TPSA) is 16.4 Å². The summed E-state index contributed by atoms with van der Waals surface area (Å²) < 4.78 is 8.89. The van der Waals surface area contributed by atoms with Gasteiger partial charge in [-0.15, -0.1) is 11.3 Å². The Labute approximate surface area is 345 Å². The Hall–Kier alpha value is -7.46. The lowest BCUT2D eigenvalue weighted by molar-refractivity contribution is 0.669. The molecule has 0 saturated heterocycles. The van der Waals surface area contributed by atoms with Gasteiger partial charge in [-0.1, -0.05) is 152 Å². The number of hydrogen-bond acceptors (Lipinski definition) is 3. The summed E-state index contributed by atoms with van der Waals surface area (Å²) in [6.45, 7) is 0. The highest BCUT2D eigenvalue weighted by Gasteiger charge is 2.19. The van der Waals surface area contributed by atoms with E-state index in [-0.39, 0.29) is 0 Å². The molecule has 276 valence electrons. The maximum absolute atomic E-state index is 6.31. The van der Waals surface area contributed by atoms with E-state index in [9.17, 15) is 0 Å². The minimum atomic E-state index is 0.913. The smallest absolute Gasteiger partial charge is 0.136 e. The van der Waals surface area contributed by atoms with Gasteiger partial charge >= 0.3 is 0 Å². The fraction of sp³-hybridized carbons (Fsp3) is 0. The molecule has 0 fully saturated rings. The summed E-state index contributed by atoms with van der Waals surface area (Å²) in [5.74, 6) is 0. The highest BCUT2D eigenvalue weighted by atomic mass is 32.1. The second-order valence-corrected chi connectivity index (χ2v) is 16.3. The average Bonchev–Trinajstić information content (AvgIpc) is 3.86. The molecule has 3 heteroatoms. The summed E-state index contributed by atoms with van der Waals surface area (Å²) in [7, 11) is 0. The predicted octanol–water partition coefficient (Wildman–Crippen LogP) is 16.7. The number of rotatable bonds is 6. The van der Waals surface area contributed by atoms with Gasteiger partial charge in [-0.05, 0) is 116 Å². The minimum absolute atomic E-state index is 0.913. The van der Waals surface area contributed by atoms with Crippen molar-refractivity contribution in [1.29, 1.82) is 0 Å². The fourth-order valence-corrected chi connectivity index (χ4v) is 10.2. The Balaban J connectivity index is 1.06. The molecule has 12 rings (SSSR count). The molecular weight excluding hydrogens is 735 g/mol. The van der Waals surface area contributed by atoms with Gasteiger partial charge in [-0.25, -0.2) is 0 Å². The summed E-state index contributed by atoms with van der Waals surface area (Å²) in [6.07, 6.45) is 0. The van der Waals surface area contributed by atoms with Crippen molar-refractivity contribution in [1.82, 2.24) is 0 Å². The SMILES string of the molecule is c1ccc(-c2ccccc2-c2ccccc2-c2cccc(N(c3ccc4c(c3)sc3ccccc34)c3ccc4ccc5cc6oc7ccccc7c6cc5c4c3)c2)cc1. The van der Waals surface area contributed by atoms with Crippen molar-refractivity contribution in [2.45, 2.75) is 0 Å². The van der Waals surface area contributed by atoms with Gasteiger partial charge in [0.15, 0.2) is 0 Å². The molecule has 0 bridgehead atoms. The zero-order valence-corrected chi connectivity index (χ0v) is 32.8. The van der Waals surface area contributed by atoms with E-state index in [0.29, 0.717) is 0 Å². The van der Waals surface area contributed by atoms with Gasteiger partial charge in [-0.2, -0.15) is 0 Å². The summed E-state index contributed by atoms with van der Waals surface area (Å²) >= 11 is 1.85. The Morgan fingerprint density at radius 1 is 0.305 bits per heavy atom. The zero-order chi connectivity index (χ0) is 38.9. The number of furan rings is 1. The third kappa shape index (κ3) is 5.62. The van der Waals surface area contributed by atoms with E-state index in [1.807, 2.05) is 17.4 Å². The largest absolute Gasteiger partial charge is 0.456 e. The molecule has 10 aromatic carbocycles. The highest BCUT2D eigenvalue weighted by molar-refractivity contribution is 7.25. The van der Waals surface area contributed by atoms with Gasteiger partial charge in [-0.3, -0.25) is 0 Å². The molecule has 2 nitrogen and oxygen atoms in total.